The third-order valence-electron chi connectivity index (χ3n) is 4.18. The van der Waals surface area contributed by atoms with Crippen LogP contribution in [0.25, 0.3) is 0 Å². The summed E-state index contributed by atoms with van der Waals surface area (Å²) in [6, 6.07) is 9.38. The SMILES string of the molecule is CC(=O)Nc1cccc(C(=O)N2CCN(C(=O)c3ccc(=O)[nH]n3)CC2)c1. The third-order valence-corrected chi connectivity index (χ3v) is 4.18. The molecule has 1 fully saturated rings. The van der Waals surface area contributed by atoms with Crippen molar-refractivity contribution in [1.82, 2.24) is 20.0 Å². The minimum absolute atomic E-state index is 0.156. The van der Waals surface area contributed by atoms with Crippen LogP contribution in [0.1, 0.15) is 27.8 Å². The molecular weight excluding hydrogens is 350 g/mol. The molecule has 2 aromatic rings. The Bertz CT molecular complexity index is 911. The highest BCUT2D eigenvalue weighted by Gasteiger charge is 2.26. The maximum absolute atomic E-state index is 12.7. The largest absolute Gasteiger partial charge is 0.335 e. The van der Waals surface area contributed by atoms with Gasteiger partial charge in [0, 0.05) is 50.4 Å². The van der Waals surface area contributed by atoms with E-state index in [0.717, 1.165) is 0 Å². The number of piperazine rings is 1. The average molecular weight is 369 g/mol. The smallest absolute Gasteiger partial charge is 0.274 e. The molecule has 9 nitrogen and oxygen atoms in total. The molecular formula is C18H19N5O4. The molecule has 1 aliphatic heterocycles. The summed E-state index contributed by atoms with van der Waals surface area (Å²) in [6.45, 7) is 2.92. The number of nitrogens with one attached hydrogen (secondary N) is 2. The Morgan fingerprint density at radius 2 is 1.67 bits per heavy atom. The Labute approximate surface area is 155 Å². The van der Waals surface area contributed by atoms with Crippen LogP contribution < -0.4 is 10.9 Å². The normalized spacial score (nSPS) is 14.0. The van der Waals surface area contributed by atoms with Gasteiger partial charge in [0.1, 0.15) is 5.69 Å². The van der Waals surface area contributed by atoms with Crippen LogP contribution in [0.5, 0.6) is 0 Å². The van der Waals surface area contributed by atoms with Gasteiger partial charge in [-0.2, -0.15) is 5.10 Å². The summed E-state index contributed by atoms with van der Waals surface area (Å²) in [4.78, 5) is 50.6. The van der Waals surface area contributed by atoms with Gasteiger partial charge in [-0.1, -0.05) is 6.07 Å². The zero-order valence-electron chi connectivity index (χ0n) is 14.8. The van der Waals surface area contributed by atoms with E-state index in [9.17, 15) is 19.2 Å². The molecule has 1 aromatic heterocycles. The van der Waals surface area contributed by atoms with Gasteiger partial charge in [-0.05, 0) is 24.3 Å². The molecule has 1 saturated heterocycles. The quantitative estimate of drug-likeness (QED) is 0.809. The van der Waals surface area contributed by atoms with Gasteiger partial charge in [-0.15, -0.1) is 0 Å². The Balaban J connectivity index is 1.62. The number of carbonyl (C=O) groups excluding carboxylic acids is 3. The monoisotopic (exact) mass is 369 g/mol. The predicted octanol–water partition coefficient (Wildman–Crippen LogP) is 0.327. The zero-order chi connectivity index (χ0) is 19.4. The van der Waals surface area contributed by atoms with Gasteiger partial charge in [0.25, 0.3) is 17.4 Å². The minimum atomic E-state index is -0.372. The Hall–Kier alpha value is -3.49. The van der Waals surface area contributed by atoms with Crippen LogP contribution in [0.3, 0.4) is 0 Å². The molecule has 9 heteroatoms. The van der Waals surface area contributed by atoms with E-state index in [4.69, 9.17) is 0 Å². The van der Waals surface area contributed by atoms with Gasteiger partial charge in [-0.3, -0.25) is 19.2 Å². The molecule has 1 aromatic carbocycles. The number of hydrogen-bond acceptors (Lipinski definition) is 5. The molecule has 2 N–H and O–H groups in total. The van der Waals surface area contributed by atoms with Gasteiger partial charge in [0.05, 0.1) is 0 Å². The van der Waals surface area contributed by atoms with Gasteiger partial charge in [-0.25, -0.2) is 5.10 Å². The fourth-order valence-corrected chi connectivity index (χ4v) is 2.85. The summed E-state index contributed by atoms with van der Waals surface area (Å²) in [5.41, 5.74) is 0.829. The van der Waals surface area contributed by atoms with E-state index in [1.807, 2.05) is 0 Å². The summed E-state index contributed by atoms with van der Waals surface area (Å²) in [6.07, 6.45) is 0. The summed E-state index contributed by atoms with van der Waals surface area (Å²) in [5.74, 6) is -0.648. The molecule has 2 heterocycles. The number of amides is 3. The molecule has 0 atom stereocenters. The van der Waals surface area contributed by atoms with Crippen LogP contribution >= 0.6 is 0 Å². The van der Waals surface area contributed by atoms with Crippen molar-refractivity contribution in [3.05, 3.63) is 58.0 Å². The van der Waals surface area contributed by atoms with E-state index in [1.54, 1.807) is 34.1 Å². The first kappa shape index (κ1) is 18.3. The first-order valence-electron chi connectivity index (χ1n) is 8.46. The molecule has 0 unspecified atom stereocenters. The van der Waals surface area contributed by atoms with Crippen molar-refractivity contribution in [2.75, 3.05) is 31.5 Å². The van der Waals surface area contributed by atoms with E-state index in [-0.39, 0.29) is 29.0 Å². The van der Waals surface area contributed by atoms with Crippen LogP contribution in [0, 0.1) is 0 Å². The van der Waals surface area contributed by atoms with Crippen molar-refractivity contribution in [3.63, 3.8) is 0 Å². The number of aromatic amines is 1. The fourth-order valence-electron chi connectivity index (χ4n) is 2.85. The number of hydrogen-bond donors (Lipinski definition) is 2. The van der Waals surface area contributed by atoms with Crippen molar-refractivity contribution in [2.24, 2.45) is 0 Å². The maximum atomic E-state index is 12.7. The molecule has 0 saturated carbocycles. The summed E-state index contributed by atoms with van der Waals surface area (Å²) in [5, 5.41) is 8.64. The van der Waals surface area contributed by atoms with Crippen molar-refractivity contribution >= 4 is 23.4 Å². The zero-order valence-corrected chi connectivity index (χ0v) is 14.8. The van der Waals surface area contributed by atoms with Crippen molar-refractivity contribution < 1.29 is 14.4 Å². The molecule has 3 amide bonds. The number of H-pyrrole nitrogens is 1. The highest BCUT2D eigenvalue weighted by molar-refractivity contribution is 5.97. The number of anilines is 1. The third kappa shape index (κ3) is 4.38. The molecule has 140 valence electrons. The molecule has 3 rings (SSSR count). The second kappa shape index (κ2) is 7.81. The van der Waals surface area contributed by atoms with E-state index in [1.165, 1.54) is 19.1 Å². The first-order valence-corrected chi connectivity index (χ1v) is 8.46. The number of rotatable bonds is 3. The lowest BCUT2D eigenvalue weighted by molar-refractivity contribution is -0.114. The summed E-state index contributed by atoms with van der Waals surface area (Å²) < 4.78 is 0. The first-order chi connectivity index (χ1) is 12.9. The molecule has 0 aliphatic carbocycles. The van der Waals surface area contributed by atoms with Crippen molar-refractivity contribution in [3.8, 4) is 0 Å². The van der Waals surface area contributed by atoms with Crippen LogP contribution in [0.4, 0.5) is 5.69 Å². The topological polar surface area (TPSA) is 115 Å². The highest BCUT2D eigenvalue weighted by Crippen LogP contribution is 2.15. The molecule has 0 bridgehead atoms. The molecule has 0 radical (unpaired) electrons. The van der Waals surface area contributed by atoms with Crippen molar-refractivity contribution in [1.29, 1.82) is 0 Å². The summed E-state index contributed by atoms with van der Waals surface area (Å²) >= 11 is 0. The lowest BCUT2D eigenvalue weighted by atomic mass is 10.1. The Morgan fingerprint density at radius 1 is 1.00 bits per heavy atom. The van der Waals surface area contributed by atoms with E-state index < -0.39 is 0 Å². The maximum Gasteiger partial charge on any atom is 0.274 e. The minimum Gasteiger partial charge on any atom is -0.335 e. The average Bonchev–Trinajstić information content (AvgIpc) is 2.67. The number of carbonyl (C=O) groups is 3. The number of benzene rings is 1. The van der Waals surface area contributed by atoms with Crippen molar-refractivity contribution in [2.45, 2.75) is 6.92 Å². The lowest BCUT2D eigenvalue weighted by Gasteiger charge is -2.34. The summed E-state index contributed by atoms with van der Waals surface area (Å²) in [7, 11) is 0. The van der Waals surface area contributed by atoms with Crippen LogP contribution in [0.15, 0.2) is 41.2 Å². The van der Waals surface area contributed by atoms with Crippen LogP contribution in [-0.2, 0) is 4.79 Å². The predicted molar refractivity (Wildman–Crippen MR) is 97.4 cm³/mol. The number of aromatic nitrogens is 2. The molecule has 0 spiro atoms. The lowest BCUT2D eigenvalue weighted by Crippen LogP contribution is -2.50. The number of nitrogens with zero attached hydrogens (tertiary/aromatic N) is 3. The Morgan fingerprint density at radius 3 is 2.26 bits per heavy atom. The molecule has 1 aliphatic rings. The second-order valence-electron chi connectivity index (χ2n) is 6.15. The van der Waals surface area contributed by atoms with Crippen LogP contribution in [0.2, 0.25) is 0 Å². The second-order valence-corrected chi connectivity index (χ2v) is 6.15. The Kier molecular flexibility index (Phi) is 5.30. The fraction of sp³-hybridized carbons (Fsp3) is 0.278. The highest BCUT2D eigenvalue weighted by atomic mass is 16.2. The van der Waals surface area contributed by atoms with Gasteiger partial charge in [0.2, 0.25) is 5.91 Å². The van der Waals surface area contributed by atoms with E-state index in [2.05, 4.69) is 15.5 Å². The van der Waals surface area contributed by atoms with Gasteiger partial charge >= 0.3 is 0 Å². The molecule has 27 heavy (non-hydrogen) atoms. The van der Waals surface area contributed by atoms with Gasteiger partial charge in [0.15, 0.2) is 0 Å². The van der Waals surface area contributed by atoms with Crippen LogP contribution in [-0.4, -0.2) is 63.9 Å². The van der Waals surface area contributed by atoms with E-state index >= 15 is 0 Å². The van der Waals surface area contributed by atoms with Gasteiger partial charge < -0.3 is 15.1 Å². The standard InChI is InChI=1S/C18H19N5O4/c1-12(24)19-14-4-2-3-13(11-14)17(26)22-7-9-23(10-8-22)18(27)15-5-6-16(25)21-20-15/h2-6,11H,7-10H2,1H3,(H,19,24)(H,21,25). The van der Waals surface area contributed by atoms with E-state index in [0.29, 0.717) is 37.4 Å².